The maximum atomic E-state index is 12.9. The van der Waals surface area contributed by atoms with Crippen LogP contribution in [0.25, 0.3) is 0 Å². The highest BCUT2D eigenvalue weighted by molar-refractivity contribution is 7.89. The Morgan fingerprint density at radius 2 is 2.00 bits per heavy atom. The number of benzene rings is 1. The molecule has 1 amide bonds. The SMILES string of the molecule is COCCC1(NS(=O)(=O)c2ccccc2)CCN(C(=O)Cn2nc(C)cc2C)C1. The Kier molecular flexibility index (Phi) is 6.40. The molecule has 0 radical (unpaired) electrons. The van der Waals surface area contributed by atoms with Gasteiger partial charge in [0.05, 0.1) is 16.1 Å². The molecule has 9 heteroatoms. The molecule has 1 aromatic heterocycles. The van der Waals surface area contributed by atoms with Gasteiger partial charge < -0.3 is 9.64 Å². The minimum atomic E-state index is -3.71. The number of aryl methyl sites for hydroxylation is 2. The molecule has 1 saturated heterocycles. The van der Waals surface area contributed by atoms with Crippen LogP contribution >= 0.6 is 0 Å². The number of sulfonamides is 1. The molecule has 0 bridgehead atoms. The van der Waals surface area contributed by atoms with Crippen LogP contribution in [0.15, 0.2) is 41.3 Å². The Balaban J connectivity index is 1.75. The van der Waals surface area contributed by atoms with Crippen molar-refractivity contribution in [1.82, 2.24) is 19.4 Å². The lowest BCUT2D eigenvalue weighted by molar-refractivity contribution is -0.131. The number of nitrogens with zero attached hydrogens (tertiary/aromatic N) is 3. The van der Waals surface area contributed by atoms with Crippen molar-refractivity contribution in [3.63, 3.8) is 0 Å². The van der Waals surface area contributed by atoms with E-state index in [0.717, 1.165) is 11.4 Å². The number of aromatic nitrogens is 2. The Bertz CT molecular complexity index is 958. The Morgan fingerprint density at radius 1 is 1.28 bits per heavy atom. The Morgan fingerprint density at radius 3 is 2.62 bits per heavy atom. The number of likely N-dealkylation sites (tertiary alicyclic amines) is 1. The molecule has 0 saturated carbocycles. The molecule has 1 aromatic carbocycles. The van der Waals surface area contributed by atoms with Crippen molar-refractivity contribution < 1.29 is 17.9 Å². The van der Waals surface area contributed by atoms with E-state index in [9.17, 15) is 13.2 Å². The van der Waals surface area contributed by atoms with Crippen LogP contribution in [0, 0.1) is 13.8 Å². The van der Waals surface area contributed by atoms with E-state index in [4.69, 9.17) is 4.74 Å². The maximum Gasteiger partial charge on any atom is 0.244 e. The molecule has 29 heavy (non-hydrogen) atoms. The molecule has 2 heterocycles. The monoisotopic (exact) mass is 420 g/mol. The number of hydrogen-bond donors (Lipinski definition) is 1. The topological polar surface area (TPSA) is 93.5 Å². The second-order valence-corrected chi connectivity index (χ2v) is 9.27. The van der Waals surface area contributed by atoms with E-state index in [2.05, 4.69) is 9.82 Å². The van der Waals surface area contributed by atoms with Gasteiger partial charge in [-0.2, -0.15) is 5.10 Å². The summed E-state index contributed by atoms with van der Waals surface area (Å²) in [6.07, 6.45) is 1.02. The number of rotatable bonds is 8. The van der Waals surface area contributed by atoms with Crippen LogP contribution in [0.4, 0.5) is 0 Å². The average molecular weight is 421 g/mol. The second kappa shape index (κ2) is 8.64. The van der Waals surface area contributed by atoms with Crippen LogP contribution in [-0.4, -0.2) is 61.4 Å². The summed E-state index contributed by atoms with van der Waals surface area (Å²) in [5, 5.41) is 4.34. The van der Waals surface area contributed by atoms with Gasteiger partial charge in [-0.1, -0.05) is 18.2 Å². The van der Waals surface area contributed by atoms with E-state index in [1.54, 1.807) is 47.0 Å². The third-order valence-electron chi connectivity index (χ3n) is 5.28. The summed E-state index contributed by atoms with van der Waals surface area (Å²) in [5.74, 6) is -0.0746. The average Bonchev–Trinajstić information content (AvgIpc) is 3.23. The van der Waals surface area contributed by atoms with Gasteiger partial charge in [-0.3, -0.25) is 9.48 Å². The van der Waals surface area contributed by atoms with Crippen molar-refractivity contribution in [2.45, 2.75) is 43.7 Å². The molecule has 1 unspecified atom stereocenters. The zero-order valence-corrected chi connectivity index (χ0v) is 17.9. The van der Waals surface area contributed by atoms with Gasteiger partial charge in [0.1, 0.15) is 6.54 Å². The minimum absolute atomic E-state index is 0.0746. The maximum absolute atomic E-state index is 12.9. The highest BCUT2D eigenvalue weighted by atomic mass is 32.2. The van der Waals surface area contributed by atoms with Gasteiger partial charge in [0.25, 0.3) is 0 Å². The molecule has 158 valence electrons. The van der Waals surface area contributed by atoms with E-state index in [1.165, 1.54) is 0 Å². The zero-order chi connectivity index (χ0) is 21.1. The standard InChI is InChI=1S/C20H28N4O4S/c1-16-13-17(2)24(21-16)14-19(25)23-11-9-20(15-23,10-12-28-3)22-29(26,27)18-7-5-4-6-8-18/h4-8,13,22H,9-12,14-15H2,1-3H3. The fourth-order valence-corrected chi connectivity index (χ4v) is 5.20. The van der Waals surface area contributed by atoms with Crippen molar-refractivity contribution in [3.8, 4) is 0 Å². The van der Waals surface area contributed by atoms with Gasteiger partial charge in [0, 0.05) is 32.5 Å². The summed E-state index contributed by atoms with van der Waals surface area (Å²) in [5.41, 5.74) is 1.03. The first kappa shape index (κ1) is 21.5. The molecular formula is C20H28N4O4S. The molecule has 1 fully saturated rings. The first-order valence-corrected chi connectivity index (χ1v) is 11.1. The van der Waals surface area contributed by atoms with Crippen LogP contribution < -0.4 is 4.72 Å². The van der Waals surface area contributed by atoms with Crippen molar-refractivity contribution in [3.05, 3.63) is 47.8 Å². The number of amides is 1. The lowest BCUT2D eigenvalue weighted by Crippen LogP contribution is -2.51. The van der Waals surface area contributed by atoms with E-state index >= 15 is 0 Å². The molecule has 1 N–H and O–H groups in total. The van der Waals surface area contributed by atoms with Crippen LogP contribution in [0.2, 0.25) is 0 Å². The molecule has 0 aliphatic carbocycles. The normalized spacial score (nSPS) is 19.6. The van der Waals surface area contributed by atoms with Gasteiger partial charge in [-0.15, -0.1) is 0 Å². The van der Waals surface area contributed by atoms with Gasteiger partial charge >= 0.3 is 0 Å². The van der Waals surface area contributed by atoms with Gasteiger partial charge in [0.2, 0.25) is 15.9 Å². The number of nitrogens with one attached hydrogen (secondary N) is 1. The van der Waals surface area contributed by atoms with Crippen molar-refractivity contribution in [2.24, 2.45) is 0 Å². The number of carbonyl (C=O) groups is 1. The third-order valence-corrected chi connectivity index (χ3v) is 6.88. The van der Waals surface area contributed by atoms with Crippen LogP contribution in [-0.2, 0) is 26.1 Å². The highest BCUT2D eigenvalue weighted by Gasteiger charge is 2.42. The Labute approximate surface area is 171 Å². The van der Waals surface area contributed by atoms with Gasteiger partial charge in [0.15, 0.2) is 0 Å². The number of hydrogen-bond acceptors (Lipinski definition) is 5. The Hall–Kier alpha value is -2.23. The number of methoxy groups -OCH3 is 1. The van der Waals surface area contributed by atoms with Crippen LogP contribution in [0.1, 0.15) is 24.2 Å². The smallest absolute Gasteiger partial charge is 0.244 e. The van der Waals surface area contributed by atoms with Crippen molar-refractivity contribution in [2.75, 3.05) is 26.8 Å². The van der Waals surface area contributed by atoms with E-state index in [1.807, 2.05) is 19.9 Å². The van der Waals surface area contributed by atoms with E-state index in [0.29, 0.717) is 32.5 Å². The van der Waals surface area contributed by atoms with Crippen molar-refractivity contribution in [1.29, 1.82) is 0 Å². The number of carbonyl (C=O) groups excluding carboxylic acids is 1. The predicted molar refractivity (Wildman–Crippen MR) is 109 cm³/mol. The minimum Gasteiger partial charge on any atom is -0.385 e. The molecule has 1 aliphatic heterocycles. The zero-order valence-electron chi connectivity index (χ0n) is 17.1. The molecular weight excluding hydrogens is 392 g/mol. The van der Waals surface area contributed by atoms with Crippen LogP contribution in [0.3, 0.4) is 0 Å². The van der Waals surface area contributed by atoms with Gasteiger partial charge in [-0.05, 0) is 44.9 Å². The molecule has 0 spiro atoms. The fourth-order valence-electron chi connectivity index (χ4n) is 3.73. The largest absolute Gasteiger partial charge is 0.385 e. The second-order valence-electron chi connectivity index (χ2n) is 7.59. The van der Waals surface area contributed by atoms with Crippen molar-refractivity contribution >= 4 is 15.9 Å². The lowest BCUT2D eigenvalue weighted by Gasteiger charge is -2.30. The molecule has 8 nitrogen and oxygen atoms in total. The number of ether oxygens (including phenoxy) is 1. The first-order valence-electron chi connectivity index (χ1n) is 9.61. The molecule has 2 aromatic rings. The fraction of sp³-hybridized carbons (Fsp3) is 0.500. The summed E-state index contributed by atoms with van der Waals surface area (Å²) in [7, 11) is -2.12. The van der Waals surface area contributed by atoms with E-state index < -0.39 is 15.6 Å². The van der Waals surface area contributed by atoms with Gasteiger partial charge in [-0.25, -0.2) is 13.1 Å². The summed E-state index contributed by atoms with van der Waals surface area (Å²) in [6, 6.07) is 10.2. The summed E-state index contributed by atoms with van der Waals surface area (Å²) in [6.45, 7) is 5.13. The molecule has 3 rings (SSSR count). The highest BCUT2D eigenvalue weighted by Crippen LogP contribution is 2.28. The molecule has 1 atom stereocenters. The quantitative estimate of drug-likeness (QED) is 0.698. The molecule has 1 aliphatic rings. The third kappa shape index (κ3) is 5.04. The lowest BCUT2D eigenvalue weighted by atomic mass is 9.96. The first-order chi connectivity index (χ1) is 13.7. The summed E-state index contributed by atoms with van der Waals surface area (Å²) >= 11 is 0. The van der Waals surface area contributed by atoms with Crippen LogP contribution in [0.5, 0.6) is 0 Å². The summed E-state index contributed by atoms with van der Waals surface area (Å²) < 4.78 is 35.6. The predicted octanol–water partition coefficient (Wildman–Crippen LogP) is 1.49. The van der Waals surface area contributed by atoms with E-state index in [-0.39, 0.29) is 17.3 Å². The summed E-state index contributed by atoms with van der Waals surface area (Å²) in [4.78, 5) is 14.8.